The highest BCUT2D eigenvalue weighted by Crippen LogP contribution is 2.39. The van der Waals surface area contributed by atoms with Crippen molar-refractivity contribution in [3.63, 3.8) is 0 Å². The summed E-state index contributed by atoms with van der Waals surface area (Å²) in [5, 5.41) is 0. The summed E-state index contributed by atoms with van der Waals surface area (Å²) in [6.07, 6.45) is 0. The highest BCUT2D eigenvalue weighted by Gasteiger charge is 2.13. The van der Waals surface area contributed by atoms with Gasteiger partial charge in [-0.3, -0.25) is 0 Å². The van der Waals surface area contributed by atoms with E-state index in [1.165, 1.54) is 9.79 Å². The number of hydrogen-bond acceptors (Lipinski definition) is 2. The lowest BCUT2D eigenvalue weighted by Gasteiger charge is -1.99. The fraction of sp³-hybridized carbons (Fsp3) is 0.167. The third kappa shape index (κ3) is 2.29. The molecular weight excluding hydrogens is 272 g/mol. The van der Waals surface area contributed by atoms with Gasteiger partial charge in [0.1, 0.15) is 11.5 Å². The molecule has 1 aromatic heterocycles. The zero-order valence-electron chi connectivity index (χ0n) is 8.58. The van der Waals surface area contributed by atoms with Crippen LogP contribution < -0.4 is 0 Å². The van der Waals surface area contributed by atoms with Gasteiger partial charge >= 0.3 is 0 Å². The van der Waals surface area contributed by atoms with Crippen molar-refractivity contribution in [2.24, 2.45) is 0 Å². The van der Waals surface area contributed by atoms with E-state index in [1.807, 2.05) is 32.0 Å². The standard InChI is InChI=1S/C12H11BrOS/c1-8-11(13)12(9(2)14-8)15-10-6-4-3-5-7-10/h3-7H,1-2H3. The molecule has 3 heteroatoms. The van der Waals surface area contributed by atoms with Crippen molar-refractivity contribution in [3.05, 3.63) is 46.3 Å². The fourth-order valence-electron chi connectivity index (χ4n) is 1.36. The first-order valence-corrected chi connectivity index (χ1v) is 6.28. The predicted molar refractivity (Wildman–Crippen MR) is 66.4 cm³/mol. The Kier molecular flexibility index (Phi) is 3.22. The van der Waals surface area contributed by atoms with Gasteiger partial charge in [-0.2, -0.15) is 0 Å². The second-order valence-corrected chi connectivity index (χ2v) is 5.15. The van der Waals surface area contributed by atoms with E-state index in [2.05, 4.69) is 28.1 Å². The molecule has 0 N–H and O–H groups in total. The molecule has 0 unspecified atom stereocenters. The van der Waals surface area contributed by atoms with Gasteiger partial charge in [-0.15, -0.1) is 0 Å². The molecule has 78 valence electrons. The Labute approximate surface area is 102 Å². The van der Waals surface area contributed by atoms with Crippen LogP contribution in [-0.2, 0) is 0 Å². The zero-order chi connectivity index (χ0) is 10.8. The van der Waals surface area contributed by atoms with Crippen molar-refractivity contribution >= 4 is 27.7 Å². The minimum atomic E-state index is 0.936. The van der Waals surface area contributed by atoms with E-state index in [0.29, 0.717) is 0 Å². The van der Waals surface area contributed by atoms with Gasteiger partial charge in [0.15, 0.2) is 0 Å². The van der Waals surface area contributed by atoms with Crippen molar-refractivity contribution < 1.29 is 4.42 Å². The van der Waals surface area contributed by atoms with Crippen molar-refractivity contribution in [2.45, 2.75) is 23.6 Å². The first kappa shape index (κ1) is 10.8. The lowest BCUT2D eigenvalue weighted by atomic mass is 10.4. The van der Waals surface area contributed by atoms with Gasteiger partial charge in [-0.05, 0) is 41.9 Å². The second kappa shape index (κ2) is 4.45. The minimum Gasteiger partial charge on any atom is -0.464 e. The Hall–Kier alpha value is -0.670. The molecule has 0 aliphatic rings. The Morgan fingerprint density at radius 3 is 2.27 bits per heavy atom. The van der Waals surface area contributed by atoms with Crippen LogP contribution in [0.5, 0.6) is 0 Å². The van der Waals surface area contributed by atoms with Crippen molar-refractivity contribution in [1.82, 2.24) is 0 Å². The molecule has 0 bridgehead atoms. The summed E-state index contributed by atoms with van der Waals surface area (Å²) in [6.45, 7) is 3.95. The summed E-state index contributed by atoms with van der Waals surface area (Å²) in [6, 6.07) is 10.3. The maximum atomic E-state index is 5.55. The molecule has 15 heavy (non-hydrogen) atoms. The predicted octanol–water partition coefficient (Wildman–Crippen LogP) is 4.81. The number of aryl methyl sites for hydroxylation is 2. The molecule has 0 aliphatic heterocycles. The Balaban J connectivity index is 2.32. The first-order valence-electron chi connectivity index (χ1n) is 4.67. The van der Waals surface area contributed by atoms with Crippen LogP contribution in [0.25, 0.3) is 0 Å². The summed E-state index contributed by atoms with van der Waals surface area (Å²) in [5.41, 5.74) is 0. The van der Waals surface area contributed by atoms with Crippen LogP contribution in [0.4, 0.5) is 0 Å². The quantitative estimate of drug-likeness (QED) is 0.784. The minimum absolute atomic E-state index is 0.936. The van der Waals surface area contributed by atoms with Gasteiger partial charge in [0.25, 0.3) is 0 Å². The van der Waals surface area contributed by atoms with Crippen LogP contribution in [0.1, 0.15) is 11.5 Å². The van der Waals surface area contributed by atoms with Crippen molar-refractivity contribution in [2.75, 3.05) is 0 Å². The molecule has 0 aliphatic carbocycles. The average molecular weight is 283 g/mol. The van der Waals surface area contributed by atoms with E-state index in [1.54, 1.807) is 11.8 Å². The van der Waals surface area contributed by atoms with Crippen LogP contribution in [0.15, 0.2) is 49.0 Å². The SMILES string of the molecule is Cc1oc(C)c(Sc2ccccc2)c1Br. The Morgan fingerprint density at radius 2 is 1.73 bits per heavy atom. The molecule has 0 atom stereocenters. The molecule has 1 nitrogen and oxygen atoms in total. The van der Waals surface area contributed by atoms with Gasteiger partial charge in [-0.25, -0.2) is 0 Å². The largest absolute Gasteiger partial charge is 0.464 e. The van der Waals surface area contributed by atoms with Gasteiger partial charge < -0.3 is 4.42 Å². The Bertz CT molecular complexity index is 462. The van der Waals surface area contributed by atoms with Gasteiger partial charge in [-0.1, -0.05) is 30.0 Å². The number of halogens is 1. The molecular formula is C12H11BrOS. The molecule has 1 heterocycles. The van der Waals surface area contributed by atoms with Crippen molar-refractivity contribution in [3.8, 4) is 0 Å². The van der Waals surface area contributed by atoms with Gasteiger partial charge in [0.2, 0.25) is 0 Å². The summed E-state index contributed by atoms with van der Waals surface area (Å²) in [7, 11) is 0. The Morgan fingerprint density at radius 1 is 1.07 bits per heavy atom. The third-order valence-electron chi connectivity index (χ3n) is 2.10. The number of hydrogen-bond donors (Lipinski definition) is 0. The first-order chi connectivity index (χ1) is 7.18. The molecule has 0 fully saturated rings. The highest BCUT2D eigenvalue weighted by atomic mass is 79.9. The normalized spacial score (nSPS) is 10.6. The van der Waals surface area contributed by atoms with Crippen LogP contribution in [0.3, 0.4) is 0 Å². The maximum absolute atomic E-state index is 5.55. The average Bonchev–Trinajstić information content (AvgIpc) is 2.47. The third-order valence-corrected chi connectivity index (χ3v) is 4.52. The van der Waals surface area contributed by atoms with Gasteiger partial charge in [0.05, 0.1) is 9.37 Å². The topological polar surface area (TPSA) is 13.1 Å². The summed E-state index contributed by atoms with van der Waals surface area (Å²) in [5.74, 6) is 1.90. The van der Waals surface area contributed by atoms with E-state index in [-0.39, 0.29) is 0 Å². The van der Waals surface area contributed by atoms with E-state index < -0.39 is 0 Å². The van der Waals surface area contributed by atoms with Crippen LogP contribution in [-0.4, -0.2) is 0 Å². The summed E-state index contributed by atoms with van der Waals surface area (Å²) < 4.78 is 6.61. The smallest absolute Gasteiger partial charge is 0.116 e. The lowest BCUT2D eigenvalue weighted by molar-refractivity contribution is 0.497. The van der Waals surface area contributed by atoms with E-state index in [9.17, 15) is 0 Å². The molecule has 2 aromatic rings. The molecule has 0 radical (unpaired) electrons. The van der Waals surface area contributed by atoms with Crippen LogP contribution in [0.2, 0.25) is 0 Å². The molecule has 0 saturated carbocycles. The number of rotatable bonds is 2. The molecule has 0 amide bonds. The van der Waals surface area contributed by atoms with Gasteiger partial charge in [0, 0.05) is 4.90 Å². The van der Waals surface area contributed by atoms with Crippen molar-refractivity contribution in [1.29, 1.82) is 0 Å². The van der Waals surface area contributed by atoms with E-state index in [4.69, 9.17) is 4.42 Å². The molecule has 0 saturated heterocycles. The summed E-state index contributed by atoms with van der Waals surface area (Å²) >= 11 is 5.26. The fourth-order valence-corrected chi connectivity index (χ4v) is 2.91. The zero-order valence-corrected chi connectivity index (χ0v) is 11.0. The molecule has 1 aromatic carbocycles. The van der Waals surface area contributed by atoms with E-state index >= 15 is 0 Å². The lowest BCUT2D eigenvalue weighted by Crippen LogP contribution is -1.74. The van der Waals surface area contributed by atoms with E-state index in [0.717, 1.165) is 16.0 Å². The highest BCUT2D eigenvalue weighted by molar-refractivity contribution is 9.10. The van der Waals surface area contributed by atoms with Crippen LogP contribution >= 0.6 is 27.7 Å². The van der Waals surface area contributed by atoms with Crippen LogP contribution in [0, 0.1) is 13.8 Å². The monoisotopic (exact) mass is 282 g/mol. The summed E-state index contributed by atoms with van der Waals surface area (Å²) in [4.78, 5) is 2.39. The maximum Gasteiger partial charge on any atom is 0.116 e. The number of benzene rings is 1. The second-order valence-electron chi connectivity index (χ2n) is 3.27. The molecule has 2 rings (SSSR count). The number of furan rings is 1. The molecule has 0 spiro atoms.